The van der Waals surface area contributed by atoms with E-state index in [1.165, 1.54) is 38.2 Å². The molecule has 0 amide bonds. The van der Waals surface area contributed by atoms with Crippen LogP contribution in [0.1, 0.15) is 64.7 Å². The molecule has 6 nitrogen and oxygen atoms in total. The van der Waals surface area contributed by atoms with Crippen LogP contribution in [0.2, 0.25) is 0 Å². The molecule has 0 aliphatic heterocycles. The molecular formula is C29H38N2O4. The summed E-state index contributed by atoms with van der Waals surface area (Å²) in [5, 5.41) is 4.41. The van der Waals surface area contributed by atoms with Crippen molar-refractivity contribution in [2.75, 3.05) is 30.9 Å². The number of fused-ring (bicyclic) bond motifs is 1. The maximum atomic E-state index is 12.1. The first kappa shape index (κ1) is 26.3. The predicted octanol–water partition coefficient (Wildman–Crippen LogP) is 7.08. The van der Waals surface area contributed by atoms with Crippen molar-refractivity contribution in [2.24, 2.45) is 0 Å². The van der Waals surface area contributed by atoms with Crippen molar-refractivity contribution >= 4 is 33.8 Å². The predicted molar refractivity (Wildman–Crippen MR) is 144 cm³/mol. The minimum Gasteiger partial charge on any atom is -0.495 e. The first-order chi connectivity index (χ1) is 17.0. The van der Waals surface area contributed by atoms with Crippen LogP contribution in [0.15, 0.2) is 57.7 Å². The minimum absolute atomic E-state index is 0.299. The van der Waals surface area contributed by atoms with Crippen molar-refractivity contribution in [1.29, 1.82) is 0 Å². The van der Waals surface area contributed by atoms with Gasteiger partial charge >= 0.3 is 5.63 Å². The average Bonchev–Trinajstić information content (AvgIpc) is 2.86. The number of Topliss-reactive ketones (excluding diaryl/α,β-unsaturated/α-hetero) is 1. The molecule has 3 rings (SSSR count). The largest absolute Gasteiger partial charge is 0.495 e. The summed E-state index contributed by atoms with van der Waals surface area (Å²) in [6, 6.07) is 15.1. The molecule has 0 atom stereocenters. The third kappa shape index (κ3) is 7.88. The molecule has 0 bridgehead atoms. The van der Waals surface area contributed by atoms with Crippen LogP contribution in [0.5, 0.6) is 5.75 Å². The third-order valence-electron chi connectivity index (χ3n) is 6.33. The number of ketones is 1. The van der Waals surface area contributed by atoms with E-state index in [0.717, 1.165) is 60.4 Å². The molecule has 0 radical (unpaired) electrons. The first-order valence-corrected chi connectivity index (χ1v) is 12.7. The molecule has 0 aliphatic rings. The molecule has 3 aromatic rings. The second-order valence-electron chi connectivity index (χ2n) is 9.10. The van der Waals surface area contributed by atoms with Gasteiger partial charge in [0.05, 0.1) is 18.5 Å². The molecule has 2 aromatic carbocycles. The van der Waals surface area contributed by atoms with E-state index in [2.05, 4.69) is 11.4 Å². The SMILES string of the molecule is COc1ccc(N(C)c2cc(=O)oc3ccccc23)cc1NCCCCCCCCCCC(C)=O. The summed E-state index contributed by atoms with van der Waals surface area (Å²) in [4.78, 5) is 25.1. The van der Waals surface area contributed by atoms with Gasteiger partial charge in [0, 0.05) is 37.2 Å². The smallest absolute Gasteiger partial charge is 0.338 e. The fraction of sp³-hybridized carbons (Fsp3) is 0.448. The van der Waals surface area contributed by atoms with E-state index in [4.69, 9.17) is 9.15 Å². The summed E-state index contributed by atoms with van der Waals surface area (Å²) >= 11 is 0. The van der Waals surface area contributed by atoms with Gasteiger partial charge < -0.3 is 24.2 Å². The first-order valence-electron chi connectivity index (χ1n) is 12.7. The second-order valence-corrected chi connectivity index (χ2v) is 9.10. The zero-order chi connectivity index (χ0) is 25.0. The Morgan fingerprint density at radius 2 is 1.63 bits per heavy atom. The van der Waals surface area contributed by atoms with Gasteiger partial charge in [0.25, 0.3) is 0 Å². The summed E-state index contributed by atoms with van der Waals surface area (Å²) in [6.07, 6.45) is 10.2. The number of hydrogen-bond acceptors (Lipinski definition) is 6. The van der Waals surface area contributed by atoms with E-state index >= 15 is 0 Å². The fourth-order valence-corrected chi connectivity index (χ4v) is 4.34. The summed E-state index contributed by atoms with van der Waals surface area (Å²) in [5.41, 5.74) is 2.90. The Morgan fingerprint density at radius 1 is 0.943 bits per heavy atom. The van der Waals surface area contributed by atoms with Crippen LogP contribution in [-0.4, -0.2) is 26.5 Å². The molecule has 0 aliphatic carbocycles. The molecule has 35 heavy (non-hydrogen) atoms. The van der Waals surface area contributed by atoms with Crippen LogP contribution in [0.3, 0.4) is 0 Å². The molecule has 1 N–H and O–H groups in total. The lowest BCUT2D eigenvalue weighted by molar-refractivity contribution is -0.117. The molecule has 0 unspecified atom stereocenters. The van der Waals surface area contributed by atoms with Crippen molar-refractivity contribution in [2.45, 2.75) is 64.7 Å². The zero-order valence-corrected chi connectivity index (χ0v) is 21.3. The van der Waals surface area contributed by atoms with Crippen molar-refractivity contribution in [1.82, 2.24) is 0 Å². The molecular weight excluding hydrogens is 440 g/mol. The maximum Gasteiger partial charge on any atom is 0.338 e. The van der Waals surface area contributed by atoms with Gasteiger partial charge in [0.2, 0.25) is 0 Å². The molecule has 0 saturated heterocycles. The van der Waals surface area contributed by atoms with E-state index < -0.39 is 0 Å². The molecule has 188 valence electrons. The van der Waals surface area contributed by atoms with Gasteiger partial charge in [0.1, 0.15) is 17.1 Å². The van der Waals surface area contributed by atoms with E-state index in [0.29, 0.717) is 11.4 Å². The zero-order valence-electron chi connectivity index (χ0n) is 21.3. The Hall–Kier alpha value is -3.28. The summed E-state index contributed by atoms with van der Waals surface area (Å²) in [7, 11) is 3.63. The molecule has 0 spiro atoms. The van der Waals surface area contributed by atoms with Gasteiger partial charge in [0.15, 0.2) is 0 Å². The van der Waals surface area contributed by atoms with Gasteiger partial charge in [-0.05, 0) is 50.1 Å². The lowest BCUT2D eigenvalue weighted by Gasteiger charge is -2.22. The van der Waals surface area contributed by atoms with Crippen molar-refractivity contribution < 1.29 is 13.9 Å². The highest BCUT2D eigenvalue weighted by Gasteiger charge is 2.13. The highest BCUT2D eigenvalue weighted by Crippen LogP contribution is 2.34. The molecule has 6 heteroatoms. The topological polar surface area (TPSA) is 71.8 Å². The highest BCUT2D eigenvalue weighted by atomic mass is 16.5. The van der Waals surface area contributed by atoms with Crippen LogP contribution in [0.25, 0.3) is 11.0 Å². The molecule has 1 aromatic heterocycles. The van der Waals surface area contributed by atoms with Crippen molar-refractivity contribution in [3.05, 3.63) is 59.0 Å². The Bertz CT molecular complexity index is 1150. The van der Waals surface area contributed by atoms with Gasteiger partial charge in [-0.1, -0.05) is 50.7 Å². The number of methoxy groups -OCH3 is 1. The minimum atomic E-state index is -0.367. The number of nitrogens with zero attached hydrogens (tertiary/aromatic N) is 1. The standard InChI is InChI=1S/C29H38N2O4/c1-22(32)14-10-8-6-4-5-7-9-13-19-30-25-20-23(17-18-28(25)34-3)31(2)26-21-29(33)35-27-16-12-11-15-24(26)27/h11-12,15-18,20-21,30H,4-10,13-14,19H2,1-3H3. The number of carbonyl (C=O) groups is 1. The number of ether oxygens (including phenoxy) is 1. The van der Waals surface area contributed by atoms with E-state index in [1.807, 2.05) is 48.3 Å². The van der Waals surface area contributed by atoms with Crippen LogP contribution < -0.4 is 20.6 Å². The summed E-state index contributed by atoms with van der Waals surface area (Å²) in [6.45, 7) is 2.54. The lowest BCUT2D eigenvalue weighted by atomic mass is 10.1. The summed E-state index contributed by atoms with van der Waals surface area (Å²) < 4.78 is 10.9. The number of rotatable bonds is 15. The number of nitrogens with one attached hydrogen (secondary N) is 1. The fourth-order valence-electron chi connectivity index (χ4n) is 4.34. The normalized spacial score (nSPS) is 10.9. The highest BCUT2D eigenvalue weighted by molar-refractivity contribution is 5.92. The van der Waals surface area contributed by atoms with Crippen molar-refractivity contribution in [3.8, 4) is 5.75 Å². The molecule has 1 heterocycles. The van der Waals surface area contributed by atoms with Crippen LogP contribution in [0.4, 0.5) is 17.1 Å². The van der Waals surface area contributed by atoms with Gasteiger partial charge in [-0.3, -0.25) is 0 Å². The second kappa shape index (κ2) is 13.6. The van der Waals surface area contributed by atoms with E-state index in [1.54, 1.807) is 14.0 Å². The Balaban J connectivity index is 1.52. The van der Waals surface area contributed by atoms with Gasteiger partial charge in [-0.15, -0.1) is 0 Å². The van der Waals surface area contributed by atoms with Crippen LogP contribution >= 0.6 is 0 Å². The number of para-hydroxylation sites is 1. The van der Waals surface area contributed by atoms with E-state index in [9.17, 15) is 9.59 Å². The van der Waals surface area contributed by atoms with Crippen LogP contribution in [-0.2, 0) is 4.79 Å². The quantitative estimate of drug-likeness (QED) is 0.186. The van der Waals surface area contributed by atoms with Crippen molar-refractivity contribution in [3.63, 3.8) is 0 Å². The Labute approximate surface area is 208 Å². The van der Waals surface area contributed by atoms with E-state index in [-0.39, 0.29) is 5.63 Å². The number of benzene rings is 2. The Kier molecular flexibility index (Phi) is 10.2. The Morgan fingerprint density at radius 3 is 2.34 bits per heavy atom. The number of anilines is 3. The van der Waals surface area contributed by atoms with Gasteiger partial charge in [-0.2, -0.15) is 0 Å². The summed E-state index contributed by atoms with van der Waals surface area (Å²) in [5.74, 6) is 1.09. The van der Waals surface area contributed by atoms with Gasteiger partial charge in [-0.25, -0.2) is 4.79 Å². The molecule has 0 saturated carbocycles. The number of unbranched alkanes of at least 4 members (excludes halogenated alkanes) is 7. The number of hydrogen-bond donors (Lipinski definition) is 1. The lowest BCUT2D eigenvalue weighted by Crippen LogP contribution is -2.13. The maximum absolute atomic E-state index is 12.1. The third-order valence-corrected chi connectivity index (χ3v) is 6.33. The molecule has 0 fully saturated rings. The number of carbonyl (C=O) groups excluding carboxylic acids is 1. The monoisotopic (exact) mass is 478 g/mol. The van der Waals surface area contributed by atoms with Crippen LogP contribution in [0, 0.1) is 0 Å². The average molecular weight is 479 g/mol.